The third kappa shape index (κ3) is 4.08. The van der Waals surface area contributed by atoms with Gasteiger partial charge in [0.15, 0.2) is 0 Å². The van der Waals surface area contributed by atoms with E-state index in [0.717, 1.165) is 35.7 Å². The smallest absolute Gasteiger partial charge is 0.0643 e. The van der Waals surface area contributed by atoms with Crippen molar-refractivity contribution in [2.45, 2.75) is 45.7 Å². The van der Waals surface area contributed by atoms with Crippen LogP contribution in [0.3, 0.4) is 0 Å². The van der Waals surface area contributed by atoms with Crippen molar-refractivity contribution in [3.05, 3.63) is 52.8 Å². The second-order valence-corrected chi connectivity index (χ2v) is 5.79. The number of halogens is 1. The minimum absolute atomic E-state index is 0.198. The summed E-state index contributed by atoms with van der Waals surface area (Å²) < 4.78 is 2.05. The zero-order valence-electron chi connectivity index (χ0n) is 13.0. The van der Waals surface area contributed by atoms with Gasteiger partial charge in [0.25, 0.3) is 0 Å². The lowest BCUT2D eigenvalue weighted by Crippen LogP contribution is -2.23. The summed E-state index contributed by atoms with van der Waals surface area (Å²) in [5.74, 6) is 0. The monoisotopic (exact) mass is 305 g/mol. The molecule has 3 nitrogen and oxygen atoms in total. The van der Waals surface area contributed by atoms with Gasteiger partial charge < -0.3 is 5.32 Å². The van der Waals surface area contributed by atoms with Crippen LogP contribution in [-0.2, 0) is 6.42 Å². The highest BCUT2D eigenvalue weighted by atomic mass is 35.5. The Morgan fingerprint density at radius 1 is 1.24 bits per heavy atom. The van der Waals surface area contributed by atoms with Crippen LogP contribution in [0.2, 0.25) is 5.02 Å². The Balaban J connectivity index is 2.17. The molecule has 0 fully saturated rings. The van der Waals surface area contributed by atoms with Crippen molar-refractivity contribution in [1.29, 1.82) is 0 Å². The molecule has 2 rings (SSSR count). The molecule has 2 unspecified atom stereocenters. The molecule has 0 aliphatic carbocycles. The van der Waals surface area contributed by atoms with Crippen LogP contribution in [-0.4, -0.2) is 16.3 Å². The number of rotatable bonds is 7. The average molecular weight is 306 g/mol. The molecular weight excluding hydrogens is 282 g/mol. The molecule has 0 amide bonds. The Hall–Kier alpha value is -1.32. The number of hydrogen-bond donors (Lipinski definition) is 1. The maximum Gasteiger partial charge on any atom is 0.0643 e. The first-order valence-electron chi connectivity index (χ1n) is 7.67. The largest absolute Gasteiger partial charge is 0.310 e. The Morgan fingerprint density at radius 3 is 2.67 bits per heavy atom. The lowest BCUT2D eigenvalue weighted by molar-refractivity contribution is 0.467. The summed E-state index contributed by atoms with van der Waals surface area (Å²) in [5, 5.41) is 9.01. The zero-order valence-corrected chi connectivity index (χ0v) is 13.8. The highest BCUT2D eigenvalue weighted by molar-refractivity contribution is 6.31. The molecule has 0 spiro atoms. The van der Waals surface area contributed by atoms with Crippen molar-refractivity contribution in [2.75, 3.05) is 6.54 Å². The molecule has 2 aromatic rings. The van der Waals surface area contributed by atoms with E-state index in [1.54, 1.807) is 0 Å². The van der Waals surface area contributed by atoms with E-state index >= 15 is 0 Å². The molecule has 0 saturated heterocycles. The Labute approximate surface area is 132 Å². The van der Waals surface area contributed by atoms with Crippen molar-refractivity contribution < 1.29 is 0 Å². The normalized spacial score (nSPS) is 14.1. The van der Waals surface area contributed by atoms with Crippen LogP contribution in [0.1, 0.15) is 50.5 Å². The fraction of sp³-hybridized carbons (Fsp3) is 0.471. The van der Waals surface area contributed by atoms with Crippen LogP contribution in [0.5, 0.6) is 0 Å². The molecule has 2 atom stereocenters. The molecule has 1 aromatic carbocycles. The van der Waals surface area contributed by atoms with Gasteiger partial charge in [-0.25, -0.2) is 0 Å². The number of likely N-dealkylation sites (N-methyl/N-ethyl adjacent to an activating group) is 1. The van der Waals surface area contributed by atoms with Crippen LogP contribution in [0.15, 0.2) is 36.5 Å². The fourth-order valence-electron chi connectivity index (χ4n) is 2.42. The third-order valence-electron chi connectivity index (χ3n) is 3.85. The summed E-state index contributed by atoms with van der Waals surface area (Å²) in [6.07, 6.45) is 4.00. The molecule has 1 aromatic heterocycles. The van der Waals surface area contributed by atoms with Gasteiger partial charge in [-0.2, -0.15) is 5.10 Å². The van der Waals surface area contributed by atoms with Crippen molar-refractivity contribution in [3.8, 4) is 0 Å². The first-order chi connectivity index (χ1) is 10.2. The van der Waals surface area contributed by atoms with Crippen molar-refractivity contribution in [1.82, 2.24) is 15.1 Å². The number of nitrogens with one attached hydrogen (secondary N) is 1. The highest BCUT2D eigenvalue weighted by Crippen LogP contribution is 2.25. The number of hydrogen-bond acceptors (Lipinski definition) is 2. The second kappa shape index (κ2) is 7.62. The second-order valence-electron chi connectivity index (χ2n) is 5.38. The molecule has 0 aliphatic rings. The Kier molecular flexibility index (Phi) is 5.83. The highest BCUT2D eigenvalue weighted by Gasteiger charge is 2.16. The quantitative estimate of drug-likeness (QED) is 0.821. The van der Waals surface area contributed by atoms with Gasteiger partial charge in [0.05, 0.1) is 5.69 Å². The van der Waals surface area contributed by atoms with Crippen LogP contribution >= 0.6 is 11.6 Å². The van der Waals surface area contributed by atoms with Gasteiger partial charge in [0.1, 0.15) is 0 Å². The van der Waals surface area contributed by atoms with E-state index in [2.05, 4.69) is 44.4 Å². The van der Waals surface area contributed by atoms with E-state index in [1.165, 1.54) is 0 Å². The first kappa shape index (κ1) is 16.1. The van der Waals surface area contributed by atoms with E-state index in [1.807, 2.05) is 22.9 Å². The van der Waals surface area contributed by atoms with Crippen molar-refractivity contribution in [2.24, 2.45) is 0 Å². The van der Waals surface area contributed by atoms with Crippen LogP contribution in [0.25, 0.3) is 0 Å². The predicted octanol–water partition coefficient (Wildman–Crippen LogP) is 4.40. The Morgan fingerprint density at radius 2 is 2.00 bits per heavy atom. The fourth-order valence-corrected chi connectivity index (χ4v) is 2.69. The zero-order chi connectivity index (χ0) is 15.2. The minimum atomic E-state index is 0.198. The predicted molar refractivity (Wildman–Crippen MR) is 88.8 cm³/mol. The van der Waals surface area contributed by atoms with Gasteiger partial charge >= 0.3 is 0 Å². The number of benzene rings is 1. The Bertz CT molecular complexity index is 565. The lowest BCUT2D eigenvalue weighted by atomic mass is 10.0. The molecule has 0 bridgehead atoms. The van der Waals surface area contributed by atoms with Gasteiger partial charge in [0.2, 0.25) is 0 Å². The summed E-state index contributed by atoms with van der Waals surface area (Å²) in [5.41, 5.74) is 2.24. The van der Waals surface area contributed by atoms with Crippen LogP contribution in [0, 0.1) is 0 Å². The number of aromatic nitrogens is 2. The SMILES string of the molecule is CCNC(Cc1ccn(C(C)CC)n1)c1ccccc1Cl. The lowest BCUT2D eigenvalue weighted by Gasteiger charge is -2.18. The topological polar surface area (TPSA) is 29.9 Å². The molecule has 0 radical (unpaired) electrons. The first-order valence-corrected chi connectivity index (χ1v) is 8.05. The molecule has 0 aliphatic heterocycles. The summed E-state index contributed by atoms with van der Waals surface area (Å²) in [7, 11) is 0. The standard InChI is InChI=1S/C17H24ClN3/c1-4-13(3)21-11-10-14(20-21)12-17(19-5-2)15-8-6-7-9-16(15)18/h6-11,13,17,19H,4-5,12H2,1-3H3. The van der Waals surface area contributed by atoms with Crippen molar-refractivity contribution in [3.63, 3.8) is 0 Å². The van der Waals surface area contributed by atoms with E-state index in [0.29, 0.717) is 6.04 Å². The summed E-state index contributed by atoms with van der Waals surface area (Å²) >= 11 is 6.33. The molecule has 21 heavy (non-hydrogen) atoms. The molecule has 1 heterocycles. The number of nitrogens with zero attached hydrogens (tertiary/aromatic N) is 2. The van der Waals surface area contributed by atoms with Gasteiger partial charge in [-0.3, -0.25) is 4.68 Å². The van der Waals surface area contributed by atoms with E-state index in [9.17, 15) is 0 Å². The summed E-state index contributed by atoms with van der Waals surface area (Å²) in [6.45, 7) is 7.38. The van der Waals surface area contributed by atoms with Gasteiger partial charge in [-0.15, -0.1) is 0 Å². The maximum atomic E-state index is 6.33. The molecule has 1 N–H and O–H groups in total. The van der Waals surface area contributed by atoms with Gasteiger partial charge in [0, 0.05) is 29.7 Å². The van der Waals surface area contributed by atoms with E-state index in [-0.39, 0.29) is 6.04 Å². The van der Waals surface area contributed by atoms with Gasteiger partial charge in [-0.1, -0.05) is 43.6 Å². The van der Waals surface area contributed by atoms with Crippen LogP contribution < -0.4 is 5.32 Å². The molecule has 0 saturated carbocycles. The molecular formula is C17H24ClN3. The van der Waals surface area contributed by atoms with E-state index in [4.69, 9.17) is 16.7 Å². The molecule has 114 valence electrons. The summed E-state index contributed by atoms with van der Waals surface area (Å²) in [6, 6.07) is 10.8. The molecule has 4 heteroatoms. The third-order valence-corrected chi connectivity index (χ3v) is 4.19. The van der Waals surface area contributed by atoms with E-state index < -0.39 is 0 Å². The minimum Gasteiger partial charge on any atom is -0.310 e. The average Bonchev–Trinajstić information content (AvgIpc) is 2.95. The van der Waals surface area contributed by atoms with Crippen LogP contribution in [0.4, 0.5) is 0 Å². The van der Waals surface area contributed by atoms with Crippen molar-refractivity contribution >= 4 is 11.6 Å². The maximum absolute atomic E-state index is 6.33. The summed E-state index contributed by atoms with van der Waals surface area (Å²) in [4.78, 5) is 0. The van der Waals surface area contributed by atoms with Gasteiger partial charge in [-0.05, 0) is 37.6 Å².